The molecular weight excluding hydrogens is 421 g/mol. The Morgan fingerprint density at radius 2 is 1.88 bits per heavy atom. The van der Waals surface area contributed by atoms with Crippen LogP contribution in [0.4, 0.5) is 10.1 Å². The van der Waals surface area contributed by atoms with Crippen LogP contribution in [0, 0.1) is 17.1 Å². The van der Waals surface area contributed by atoms with Crippen LogP contribution in [-0.4, -0.2) is 54.8 Å². The van der Waals surface area contributed by atoms with Crippen LogP contribution in [0.15, 0.2) is 29.1 Å². The fraction of sp³-hybridized carbons (Fsp3) is 0.360. The van der Waals surface area contributed by atoms with E-state index in [2.05, 4.69) is 16.0 Å². The summed E-state index contributed by atoms with van der Waals surface area (Å²) in [4.78, 5) is 21.2. The van der Waals surface area contributed by atoms with Crippen LogP contribution in [0.5, 0.6) is 5.75 Å². The van der Waals surface area contributed by atoms with Gasteiger partial charge in [0, 0.05) is 43.1 Å². The van der Waals surface area contributed by atoms with Gasteiger partial charge in [0.1, 0.15) is 17.1 Å². The first-order valence-corrected chi connectivity index (χ1v) is 11.1. The molecular formula is C25H26FN5O2. The molecule has 4 aromatic rings. The fourth-order valence-corrected chi connectivity index (χ4v) is 4.92. The molecule has 5 rings (SSSR count). The SMILES string of the molecule is COc1cc2c(=O)c3c4ccc(C#N)cc4[nH]c3n(C(C)C)c2c(F)c1N1CCN(C)CC1. The van der Waals surface area contributed by atoms with Crippen molar-refractivity contribution in [1.29, 1.82) is 5.26 Å². The highest BCUT2D eigenvalue weighted by atomic mass is 19.1. The predicted molar refractivity (Wildman–Crippen MR) is 129 cm³/mol. The number of ether oxygens (including phenoxy) is 1. The van der Waals surface area contributed by atoms with Crippen molar-refractivity contribution in [3.63, 3.8) is 0 Å². The molecule has 0 atom stereocenters. The van der Waals surface area contributed by atoms with Crippen LogP contribution in [0.2, 0.25) is 0 Å². The summed E-state index contributed by atoms with van der Waals surface area (Å²) in [6.07, 6.45) is 0. The minimum absolute atomic E-state index is 0.123. The van der Waals surface area contributed by atoms with Gasteiger partial charge in [0.05, 0.1) is 35.0 Å². The van der Waals surface area contributed by atoms with E-state index in [0.29, 0.717) is 52.0 Å². The normalized spacial score (nSPS) is 15.1. The van der Waals surface area contributed by atoms with Gasteiger partial charge >= 0.3 is 0 Å². The van der Waals surface area contributed by atoms with E-state index >= 15 is 4.39 Å². The molecule has 33 heavy (non-hydrogen) atoms. The monoisotopic (exact) mass is 447 g/mol. The molecule has 3 heterocycles. The summed E-state index contributed by atoms with van der Waals surface area (Å²) >= 11 is 0. The van der Waals surface area contributed by atoms with Gasteiger partial charge in [0.25, 0.3) is 0 Å². The summed E-state index contributed by atoms with van der Waals surface area (Å²) in [5.74, 6) is -0.0825. The molecule has 1 N–H and O–H groups in total. The van der Waals surface area contributed by atoms with Gasteiger partial charge in [-0.05, 0) is 39.1 Å². The van der Waals surface area contributed by atoms with Crippen LogP contribution < -0.4 is 15.1 Å². The maximum atomic E-state index is 16.3. The summed E-state index contributed by atoms with van der Waals surface area (Å²) in [7, 11) is 3.56. The standard InChI is InChI=1S/C25H26FN5O2/c1-14(2)31-22-17(12-19(33-4)23(21(22)26)30-9-7-29(3)8-10-30)24(32)20-16-6-5-15(13-27)11-18(16)28-25(20)31/h5-6,11-12,14,28H,7-10H2,1-4H3. The molecule has 1 aliphatic rings. The van der Waals surface area contributed by atoms with Gasteiger partial charge < -0.3 is 24.1 Å². The highest BCUT2D eigenvalue weighted by Gasteiger charge is 2.28. The molecule has 0 saturated carbocycles. The number of hydrogen-bond donors (Lipinski definition) is 1. The number of piperazine rings is 1. The Morgan fingerprint density at radius 3 is 2.52 bits per heavy atom. The molecule has 1 aliphatic heterocycles. The lowest BCUT2D eigenvalue weighted by Crippen LogP contribution is -2.45. The number of pyridine rings is 1. The molecule has 170 valence electrons. The van der Waals surface area contributed by atoms with E-state index in [-0.39, 0.29) is 22.4 Å². The summed E-state index contributed by atoms with van der Waals surface area (Å²) in [5, 5.41) is 10.8. The Kier molecular flexibility index (Phi) is 5.02. The van der Waals surface area contributed by atoms with E-state index in [1.807, 2.05) is 30.4 Å². The summed E-state index contributed by atoms with van der Waals surface area (Å²) in [6.45, 7) is 6.92. The van der Waals surface area contributed by atoms with Crippen molar-refractivity contribution in [2.45, 2.75) is 19.9 Å². The molecule has 0 radical (unpaired) electrons. The Labute approximate surface area is 190 Å². The second-order valence-electron chi connectivity index (χ2n) is 8.94. The van der Waals surface area contributed by atoms with E-state index in [4.69, 9.17) is 4.74 Å². The van der Waals surface area contributed by atoms with Crippen LogP contribution in [-0.2, 0) is 0 Å². The van der Waals surface area contributed by atoms with Crippen molar-refractivity contribution < 1.29 is 9.13 Å². The second kappa shape index (κ2) is 7.78. The lowest BCUT2D eigenvalue weighted by Gasteiger charge is -2.35. The number of aromatic nitrogens is 2. The minimum Gasteiger partial charge on any atom is -0.494 e. The molecule has 7 nitrogen and oxygen atoms in total. The van der Waals surface area contributed by atoms with E-state index < -0.39 is 5.82 Å². The molecule has 1 fully saturated rings. The fourth-order valence-electron chi connectivity index (χ4n) is 4.92. The first-order chi connectivity index (χ1) is 15.8. The number of nitriles is 1. The number of methoxy groups -OCH3 is 1. The predicted octanol–water partition coefficient (Wildman–Crippen LogP) is 3.99. The lowest BCUT2D eigenvalue weighted by molar-refractivity contribution is 0.309. The molecule has 8 heteroatoms. The zero-order chi connectivity index (χ0) is 23.4. The molecule has 2 aromatic heterocycles. The Morgan fingerprint density at radius 1 is 1.15 bits per heavy atom. The number of halogens is 1. The zero-order valence-electron chi connectivity index (χ0n) is 19.2. The molecule has 1 saturated heterocycles. The third kappa shape index (κ3) is 3.15. The Hall–Kier alpha value is -3.57. The Bertz CT molecular complexity index is 1500. The van der Waals surface area contributed by atoms with E-state index in [9.17, 15) is 10.1 Å². The third-order valence-electron chi connectivity index (χ3n) is 6.60. The number of fused-ring (bicyclic) bond motifs is 4. The van der Waals surface area contributed by atoms with E-state index in [0.717, 1.165) is 13.1 Å². The van der Waals surface area contributed by atoms with Crippen LogP contribution in [0.1, 0.15) is 25.5 Å². The number of hydrogen-bond acceptors (Lipinski definition) is 5. The number of aromatic amines is 1. The Balaban J connectivity index is 1.92. The summed E-state index contributed by atoms with van der Waals surface area (Å²) < 4.78 is 23.8. The number of likely N-dealkylation sites (N-methyl/N-ethyl adjacent to an activating group) is 1. The minimum atomic E-state index is -0.446. The average Bonchev–Trinajstić information content (AvgIpc) is 3.18. The lowest BCUT2D eigenvalue weighted by atomic mass is 10.1. The van der Waals surface area contributed by atoms with E-state index in [1.165, 1.54) is 7.11 Å². The van der Waals surface area contributed by atoms with Gasteiger partial charge in [-0.3, -0.25) is 4.79 Å². The maximum absolute atomic E-state index is 16.3. The maximum Gasteiger partial charge on any atom is 0.199 e. The highest BCUT2D eigenvalue weighted by Crippen LogP contribution is 2.39. The number of benzene rings is 2. The summed E-state index contributed by atoms with van der Waals surface area (Å²) in [5.41, 5.74) is 2.14. The van der Waals surface area contributed by atoms with Gasteiger partial charge in [0.15, 0.2) is 11.2 Å². The number of anilines is 1. The molecule has 0 bridgehead atoms. The smallest absolute Gasteiger partial charge is 0.199 e. The first kappa shape index (κ1) is 21.3. The molecule has 0 amide bonds. The highest BCUT2D eigenvalue weighted by molar-refractivity contribution is 6.10. The van der Waals surface area contributed by atoms with Crippen molar-refractivity contribution in [2.75, 3.05) is 45.2 Å². The van der Waals surface area contributed by atoms with Crippen molar-refractivity contribution >= 4 is 38.5 Å². The van der Waals surface area contributed by atoms with Crippen molar-refractivity contribution in [1.82, 2.24) is 14.5 Å². The second-order valence-corrected chi connectivity index (χ2v) is 8.94. The van der Waals surface area contributed by atoms with Crippen LogP contribution >= 0.6 is 0 Å². The van der Waals surface area contributed by atoms with Crippen LogP contribution in [0.3, 0.4) is 0 Å². The molecule has 0 unspecified atom stereocenters. The molecule has 2 aromatic carbocycles. The topological polar surface area (TPSA) is 77.3 Å². The number of nitrogens with zero attached hydrogens (tertiary/aromatic N) is 4. The quantitative estimate of drug-likeness (QED) is 0.514. The number of H-pyrrole nitrogens is 1. The summed E-state index contributed by atoms with van der Waals surface area (Å²) in [6, 6.07) is 8.87. The first-order valence-electron chi connectivity index (χ1n) is 11.1. The largest absolute Gasteiger partial charge is 0.494 e. The average molecular weight is 448 g/mol. The third-order valence-corrected chi connectivity index (χ3v) is 6.60. The molecule has 0 spiro atoms. The molecule has 0 aliphatic carbocycles. The van der Waals surface area contributed by atoms with Gasteiger partial charge in [-0.1, -0.05) is 6.07 Å². The van der Waals surface area contributed by atoms with Gasteiger partial charge in [-0.15, -0.1) is 0 Å². The van der Waals surface area contributed by atoms with E-state index in [1.54, 1.807) is 24.3 Å². The van der Waals surface area contributed by atoms with Crippen molar-refractivity contribution in [3.05, 3.63) is 45.9 Å². The van der Waals surface area contributed by atoms with Gasteiger partial charge in [-0.25, -0.2) is 4.39 Å². The number of rotatable bonds is 3. The number of nitrogens with one attached hydrogen (secondary N) is 1. The van der Waals surface area contributed by atoms with Gasteiger partial charge in [-0.2, -0.15) is 5.26 Å². The van der Waals surface area contributed by atoms with Crippen LogP contribution in [0.25, 0.3) is 32.8 Å². The van der Waals surface area contributed by atoms with Crippen molar-refractivity contribution in [2.24, 2.45) is 0 Å². The van der Waals surface area contributed by atoms with Crippen molar-refractivity contribution in [3.8, 4) is 11.8 Å². The zero-order valence-corrected chi connectivity index (χ0v) is 19.2. The van der Waals surface area contributed by atoms with Gasteiger partial charge in [0.2, 0.25) is 0 Å².